The van der Waals surface area contributed by atoms with E-state index in [0.717, 1.165) is 11.3 Å². The average molecular weight is 474 g/mol. The van der Waals surface area contributed by atoms with Gasteiger partial charge >= 0.3 is 24.0 Å². The summed E-state index contributed by atoms with van der Waals surface area (Å²) in [5.74, 6) is -3.91. The van der Waals surface area contributed by atoms with Crippen molar-refractivity contribution in [2.75, 3.05) is 18.1 Å². The monoisotopic (exact) mass is 473 g/mol. The van der Waals surface area contributed by atoms with E-state index in [-0.39, 0.29) is 28.5 Å². The molecule has 1 aromatic rings. The van der Waals surface area contributed by atoms with Crippen molar-refractivity contribution < 1.29 is 37.0 Å². The van der Waals surface area contributed by atoms with E-state index in [2.05, 4.69) is 15.9 Å². The number of anilines is 1. The van der Waals surface area contributed by atoms with E-state index in [0.29, 0.717) is 4.47 Å². The Kier molecular flexibility index (Phi) is 7.85. The first-order valence-electron chi connectivity index (χ1n) is 7.78. The summed E-state index contributed by atoms with van der Waals surface area (Å²) in [6.07, 6.45) is -5.57. The Bertz CT molecular complexity index is 712. The molecule has 152 valence electrons. The lowest BCUT2D eigenvalue weighted by Gasteiger charge is -2.25. The molecule has 11 heteroatoms. The molecular weight excluding hydrogens is 455 g/mol. The number of alkyl halides is 3. The second-order valence-corrected chi connectivity index (χ2v) is 8.04. The summed E-state index contributed by atoms with van der Waals surface area (Å²) in [6, 6.07) is 0. The van der Waals surface area contributed by atoms with Gasteiger partial charge in [0.1, 0.15) is 17.1 Å². The lowest BCUT2D eigenvalue weighted by molar-refractivity contribution is -0.171. The Morgan fingerprint density at radius 3 is 2.26 bits per heavy atom. The summed E-state index contributed by atoms with van der Waals surface area (Å²) >= 11 is 3.94. The zero-order chi connectivity index (χ0) is 21.0. The maximum atomic E-state index is 13.1. The molecule has 6 nitrogen and oxygen atoms in total. The highest BCUT2D eigenvalue weighted by atomic mass is 79.9. The predicted octanol–water partition coefficient (Wildman–Crippen LogP) is 3.85. The van der Waals surface area contributed by atoms with Gasteiger partial charge in [-0.15, -0.1) is 11.3 Å². The Labute approximate surface area is 166 Å². The molecule has 0 unspecified atom stereocenters. The van der Waals surface area contributed by atoms with Crippen LogP contribution >= 0.6 is 27.3 Å². The lowest BCUT2D eigenvalue weighted by atomic mass is 10.2. The molecule has 0 bridgehead atoms. The minimum atomic E-state index is -5.21. The normalized spacial score (nSPS) is 11.9. The Balaban J connectivity index is 3.26. The molecule has 0 radical (unpaired) electrons. The Morgan fingerprint density at radius 2 is 1.78 bits per heavy atom. The molecular formula is C16H19BrF3NO5S. The minimum absolute atomic E-state index is 0.0963. The topological polar surface area (TPSA) is 72.9 Å². The highest BCUT2D eigenvalue weighted by molar-refractivity contribution is 9.10. The second-order valence-electron chi connectivity index (χ2n) is 6.32. The van der Waals surface area contributed by atoms with E-state index in [1.54, 1.807) is 27.7 Å². The Morgan fingerprint density at radius 1 is 1.19 bits per heavy atom. The van der Waals surface area contributed by atoms with Gasteiger partial charge in [-0.3, -0.25) is 19.3 Å². The molecule has 0 aliphatic rings. The van der Waals surface area contributed by atoms with Crippen molar-refractivity contribution in [1.82, 2.24) is 0 Å². The quantitative estimate of drug-likeness (QED) is 0.586. The smallest absolute Gasteiger partial charge is 0.466 e. The number of hydrogen-bond donors (Lipinski definition) is 0. The molecule has 1 heterocycles. The fraction of sp³-hybridized carbons (Fsp3) is 0.562. The summed E-state index contributed by atoms with van der Waals surface area (Å²) in [6.45, 7) is 5.39. The fourth-order valence-corrected chi connectivity index (χ4v) is 3.68. The van der Waals surface area contributed by atoms with Crippen molar-refractivity contribution in [3.05, 3.63) is 15.4 Å². The van der Waals surface area contributed by atoms with E-state index in [1.807, 2.05) is 0 Å². The first kappa shape index (κ1) is 23.4. The van der Waals surface area contributed by atoms with Crippen LogP contribution in [0.1, 0.15) is 33.3 Å². The first-order valence-corrected chi connectivity index (χ1v) is 9.45. The van der Waals surface area contributed by atoms with E-state index >= 15 is 0 Å². The number of ether oxygens (including phenoxy) is 2. The summed E-state index contributed by atoms with van der Waals surface area (Å²) in [5, 5.41) is 1.25. The number of nitrogens with zero attached hydrogens (tertiary/aromatic N) is 1. The second kappa shape index (κ2) is 9.05. The van der Waals surface area contributed by atoms with Crippen molar-refractivity contribution in [1.29, 1.82) is 0 Å². The third kappa shape index (κ3) is 7.13. The number of amides is 1. The van der Waals surface area contributed by atoms with Crippen molar-refractivity contribution in [2.45, 2.75) is 45.9 Å². The van der Waals surface area contributed by atoms with Gasteiger partial charge in [-0.2, -0.15) is 13.2 Å². The molecule has 0 saturated carbocycles. The minimum Gasteiger partial charge on any atom is -0.466 e. The van der Waals surface area contributed by atoms with Gasteiger partial charge in [-0.25, -0.2) is 0 Å². The first-order chi connectivity index (χ1) is 12.3. The molecule has 27 heavy (non-hydrogen) atoms. The number of esters is 2. The number of rotatable bonds is 6. The molecule has 0 atom stereocenters. The van der Waals surface area contributed by atoms with Gasteiger partial charge < -0.3 is 9.47 Å². The van der Waals surface area contributed by atoms with Crippen LogP contribution in [0, 0.1) is 0 Å². The van der Waals surface area contributed by atoms with Crippen molar-refractivity contribution in [3.8, 4) is 0 Å². The van der Waals surface area contributed by atoms with Gasteiger partial charge in [0.25, 0.3) is 0 Å². The average Bonchev–Trinajstić information content (AvgIpc) is 2.83. The zero-order valence-electron chi connectivity index (χ0n) is 15.1. The van der Waals surface area contributed by atoms with Crippen molar-refractivity contribution in [2.24, 2.45) is 0 Å². The highest BCUT2D eigenvalue weighted by Crippen LogP contribution is 2.37. The van der Waals surface area contributed by atoms with Gasteiger partial charge in [-0.1, -0.05) is 0 Å². The van der Waals surface area contributed by atoms with Crippen molar-refractivity contribution >= 4 is 50.1 Å². The van der Waals surface area contributed by atoms with Crippen LogP contribution in [0.5, 0.6) is 0 Å². The number of carbonyl (C=O) groups excluding carboxylic acids is 3. The van der Waals surface area contributed by atoms with E-state index in [1.165, 1.54) is 5.38 Å². The number of hydrogen-bond acceptors (Lipinski definition) is 6. The summed E-state index contributed by atoms with van der Waals surface area (Å²) in [4.78, 5) is 36.0. The molecule has 0 aromatic carbocycles. The molecule has 0 aliphatic heterocycles. The lowest BCUT2D eigenvalue weighted by Crippen LogP contribution is -2.45. The van der Waals surface area contributed by atoms with Crippen LogP contribution in [0.2, 0.25) is 0 Å². The fourth-order valence-electron chi connectivity index (χ4n) is 1.99. The van der Waals surface area contributed by atoms with Gasteiger partial charge in [-0.05, 0) is 43.6 Å². The maximum Gasteiger partial charge on any atom is 0.471 e. The van der Waals surface area contributed by atoms with E-state index in [9.17, 15) is 27.6 Å². The highest BCUT2D eigenvalue weighted by Gasteiger charge is 2.45. The summed E-state index contributed by atoms with van der Waals surface area (Å²) in [7, 11) is 0. The third-order valence-corrected chi connectivity index (χ3v) is 4.94. The Hall–Kier alpha value is -1.62. The van der Waals surface area contributed by atoms with Gasteiger partial charge in [0.2, 0.25) is 0 Å². The standard InChI is InChI=1S/C16H19BrF3NO5S/c1-5-25-11(22)6-9-10(17)8-27-13(9)21(14(24)16(18,19)20)7-12(23)26-15(2,3)4/h8H,5-7H2,1-4H3. The number of thiophene rings is 1. The zero-order valence-corrected chi connectivity index (χ0v) is 17.5. The third-order valence-electron chi connectivity index (χ3n) is 2.89. The largest absolute Gasteiger partial charge is 0.471 e. The number of halogens is 4. The van der Waals surface area contributed by atoms with E-state index in [4.69, 9.17) is 9.47 Å². The predicted molar refractivity (Wildman–Crippen MR) is 96.6 cm³/mol. The molecule has 0 N–H and O–H groups in total. The van der Waals surface area contributed by atoms with Crippen molar-refractivity contribution in [3.63, 3.8) is 0 Å². The van der Waals surface area contributed by atoms with Crippen LogP contribution in [-0.2, 0) is 30.3 Å². The molecule has 0 saturated heterocycles. The van der Waals surface area contributed by atoms with E-state index < -0.39 is 36.2 Å². The van der Waals surface area contributed by atoms with Gasteiger partial charge in [0.15, 0.2) is 0 Å². The SMILES string of the molecule is CCOC(=O)Cc1c(Br)csc1N(CC(=O)OC(C)(C)C)C(=O)C(F)(F)F. The van der Waals surface area contributed by atoms with Crippen LogP contribution in [0.15, 0.2) is 9.85 Å². The molecule has 0 aliphatic carbocycles. The molecule has 1 amide bonds. The van der Waals surface area contributed by atoms with Crippen LogP contribution in [0.4, 0.5) is 18.2 Å². The molecule has 0 spiro atoms. The van der Waals surface area contributed by atoms with Crippen LogP contribution in [0.25, 0.3) is 0 Å². The summed E-state index contributed by atoms with van der Waals surface area (Å²) < 4.78 is 49.3. The molecule has 1 aromatic heterocycles. The van der Waals surface area contributed by atoms with Crippen LogP contribution < -0.4 is 4.90 Å². The van der Waals surface area contributed by atoms with Gasteiger partial charge in [0.05, 0.1) is 13.0 Å². The van der Waals surface area contributed by atoms with Crippen LogP contribution in [-0.4, -0.2) is 42.8 Å². The molecule has 0 fully saturated rings. The molecule has 1 rings (SSSR count). The van der Waals surface area contributed by atoms with Gasteiger partial charge in [0, 0.05) is 15.4 Å². The van der Waals surface area contributed by atoms with Crippen LogP contribution in [0.3, 0.4) is 0 Å². The number of carbonyl (C=O) groups is 3. The maximum absolute atomic E-state index is 13.1. The summed E-state index contributed by atoms with van der Waals surface area (Å²) in [5.41, 5.74) is -0.812.